The minimum atomic E-state index is -1.18. The van der Waals surface area contributed by atoms with Crippen LogP contribution < -0.4 is 21.1 Å². The Morgan fingerprint density at radius 2 is 1.73 bits per heavy atom. The van der Waals surface area contributed by atoms with Crippen molar-refractivity contribution >= 4 is 29.4 Å². The highest BCUT2D eigenvalue weighted by molar-refractivity contribution is 6.31. The third-order valence-electron chi connectivity index (χ3n) is 5.11. The number of rotatable bonds is 11. The summed E-state index contributed by atoms with van der Waals surface area (Å²) in [5.41, 5.74) is 6.99. The maximum Gasteiger partial charge on any atom is 0.325 e. The number of ether oxygens (including phenoxy) is 1. The molecule has 2 aromatic rings. The van der Waals surface area contributed by atoms with Gasteiger partial charge in [0.15, 0.2) is 0 Å². The third-order valence-corrected chi connectivity index (χ3v) is 5.34. The lowest BCUT2D eigenvalue weighted by Gasteiger charge is -2.22. The van der Waals surface area contributed by atoms with Crippen LogP contribution in [0.5, 0.6) is 5.75 Å². The van der Waals surface area contributed by atoms with Crippen molar-refractivity contribution in [2.45, 2.75) is 45.3 Å². The van der Waals surface area contributed by atoms with Crippen LogP contribution in [0.1, 0.15) is 36.7 Å². The first kappa shape index (κ1) is 26.2. The molecule has 9 heteroatoms. The van der Waals surface area contributed by atoms with E-state index in [0.717, 1.165) is 5.56 Å². The first-order valence-electron chi connectivity index (χ1n) is 10.6. The fraction of sp³-hybridized carbons (Fsp3) is 0.375. The number of halogens is 1. The third kappa shape index (κ3) is 8.07. The Labute approximate surface area is 198 Å². The first-order chi connectivity index (χ1) is 15.6. The van der Waals surface area contributed by atoms with Gasteiger partial charge in [0, 0.05) is 17.5 Å². The highest BCUT2D eigenvalue weighted by atomic mass is 35.5. The number of nitrogens with two attached hydrogens (primary N) is 1. The van der Waals surface area contributed by atoms with Gasteiger partial charge in [0.05, 0.1) is 5.56 Å². The molecule has 2 rings (SSSR count). The molecule has 0 heterocycles. The van der Waals surface area contributed by atoms with E-state index in [1.165, 1.54) is 13.0 Å². The zero-order valence-corrected chi connectivity index (χ0v) is 19.6. The normalized spacial score (nSPS) is 13.6. The Morgan fingerprint density at radius 3 is 2.33 bits per heavy atom. The second-order valence-corrected chi connectivity index (χ2v) is 8.58. The van der Waals surface area contributed by atoms with Crippen molar-refractivity contribution in [3.05, 3.63) is 64.7 Å². The lowest BCUT2D eigenvalue weighted by molar-refractivity contribution is -0.141. The summed E-state index contributed by atoms with van der Waals surface area (Å²) < 4.78 is 5.77. The number of carboxylic acids is 1. The van der Waals surface area contributed by atoms with E-state index in [4.69, 9.17) is 27.2 Å². The summed E-state index contributed by atoms with van der Waals surface area (Å²) >= 11 is 6.10. The SMILES string of the molecule is CC(C)[C@H](N)COc1ccc(Cl)cc1C(=O)N[C@@H](Cc1ccccc1)C(=O)N[C@@H](C)C(=O)O. The second kappa shape index (κ2) is 12.2. The molecule has 3 atom stereocenters. The molecule has 0 spiro atoms. The van der Waals surface area contributed by atoms with E-state index in [-0.39, 0.29) is 36.3 Å². The maximum atomic E-state index is 13.1. The van der Waals surface area contributed by atoms with E-state index in [9.17, 15) is 14.4 Å². The Bertz CT molecular complexity index is 968. The number of benzene rings is 2. The summed E-state index contributed by atoms with van der Waals surface area (Å²) in [6.45, 7) is 5.48. The molecule has 2 amide bonds. The second-order valence-electron chi connectivity index (χ2n) is 8.14. The maximum absolute atomic E-state index is 13.1. The van der Waals surface area contributed by atoms with E-state index in [1.54, 1.807) is 12.1 Å². The van der Waals surface area contributed by atoms with Gasteiger partial charge in [-0.2, -0.15) is 0 Å². The van der Waals surface area contributed by atoms with Gasteiger partial charge in [-0.1, -0.05) is 55.8 Å². The molecule has 0 radical (unpaired) electrons. The molecular formula is C24H30ClN3O5. The van der Waals surface area contributed by atoms with Crippen LogP contribution in [0.4, 0.5) is 0 Å². The van der Waals surface area contributed by atoms with Crippen LogP contribution in [-0.2, 0) is 16.0 Å². The number of hydrogen-bond donors (Lipinski definition) is 4. The van der Waals surface area contributed by atoms with Gasteiger partial charge in [-0.25, -0.2) is 0 Å². The molecule has 0 aliphatic rings. The molecule has 0 unspecified atom stereocenters. The van der Waals surface area contributed by atoms with Crippen molar-refractivity contribution in [3.63, 3.8) is 0 Å². The van der Waals surface area contributed by atoms with Crippen LogP contribution in [0.2, 0.25) is 5.02 Å². The molecule has 0 aromatic heterocycles. The molecule has 8 nitrogen and oxygen atoms in total. The average Bonchev–Trinajstić information content (AvgIpc) is 2.77. The topological polar surface area (TPSA) is 131 Å². The fourth-order valence-corrected chi connectivity index (χ4v) is 3.03. The van der Waals surface area contributed by atoms with Crippen molar-refractivity contribution in [3.8, 4) is 5.75 Å². The summed E-state index contributed by atoms with van der Waals surface area (Å²) in [7, 11) is 0. The molecular weight excluding hydrogens is 446 g/mol. The largest absolute Gasteiger partial charge is 0.491 e. The van der Waals surface area contributed by atoms with E-state index < -0.39 is 29.9 Å². The predicted octanol–water partition coefficient (Wildman–Crippen LogP) is 2.63. The molecule has 2 aromatic carbocycles. The zero-order valence-electron chi connectivity index (χ0n) is 18.9. The predicted molar refractivity (Wildman–Crippen MR) is 126 cm³/mol. The van der Waals surface area contributed by atoms with Crippen LogP contribution in [0.15, 0.2) is 48.5 Å². The van der Waals surface area contributed by atoms with Gasteiger partial charge >= 0.3 is 5.97 Å². The standard InChI is InChI=1S/C24H30ClN3O5/c1-14(2)19(26)13-33-21-10-9-17(25)12-18(21)22(29)28-20(11-16-7-5-4-6-8-16)23(30)27-15(3)24(31)32/h4-10,12,14-15,19-20H,11,13,26H2,1-3H3,(H,27,30)(H,28,29)(H,31,32)/t15-,19+,20-/m0/s1. The van der Waals surface area contributed by atoms with Crippen LogP contribution in [0, 0.1) is 5.92 Å². The minimum absolute atomic E-state index is 0.149. The van der Waals surface area contributed by atoms with Gasteiger partial charge in [-0.15, -0.1) is 0 Å². The van der Waals surface area contributed by atoms with E-state index in [2.05, 4.69) is 10.6 Å². The number of carbonyl (C=O) groups is 3. The number of aliphatic carboxylic acids is 1. The lowest BCUT2D eigenvalue weighted by atomic mass is 10.0. The van der Waals surface area contributed by atoms with E-state index >= 15 is 0 Å². The van der Waals surface area contributed by atoms with Crippen LogP contribution in [0.3, 0.4) is 0 Å². The van der Waals surface area contributed by atoms with Crippen LogP contribution in [-0.4, -0.2) is 47.6 Å². The molecule has 0 aliphatic heterocycles. The summed E-state index contributed by atoms with van der Waals surface area (Å²) in [4.78, 5) is 37.1. The molecule has 0 fully saturated rings. The quantitative estimate of drug-likeness (QED) is 0.395. The monoisotopic (exact) mass is 475 g/mol. The van der Waals surface area contributed by atoms with Crippen molar-refractivity contribution < 1.29 is 24.2 Å². The number of amides is 2. The molecule has 33 heavy (non-hydrogen) atoms. The number of carbonyl (C=O) groups excluding carboxylic acids is 2. The summed E-state index contributed by atoms with van der Waals surface area (Å²) in [6.07, 6.45) is 0.166. The lowest BCUT2D eigenvalue weighted by Crippen LogP contribution is -2.51. The summed E-state index contributed by atoms with van der Waals surface area (Å²) in [5, 5.41) is 14.5. The van der Waals surface area contributed by atoms with E-state index in [0.29, 0.717) is 5.02 Å². The molecule has 0 aliphatic carbocycles. The molecule has 0 saturated carbocycles. The molecule has 5 N–H and O–H groups in total. The van der Waals surface area contributed by atoms with Crippen LogP contribution in [0.25, 0.3) is 0 Å². The number of nitrogens with one attached hydrogen (secondary N) is 2. The average molecular weight is 476 g/mol. The Kier molecular flexibility index (Phi) is 9.69. The Morgan fingerprint density at radius 1 is 1.06 bits per heavy atom. The van der Waals surface area contributed by atoms with Gasteiger partial charge < -0.3 is 26.2 Å². The van der Waals surface area contributed by atoms with Gasteiger partial charge in [0.1, 0.15) is 24.4 Å². The van der Waals surface area contributed by atoms with Gasteiger partial charge in [-0.05, 0) is 36.6 Å². The smallest absolute Gasteiger partial charge is 0.325 e. The summed E-state index contributed by atoms with van der Waals surface area (Å²) in [6, 6.07) is 11.3. The van der Waals surface area contributed by atoms with Crippen molar-refractivity contribution in [2.24, 2.45) is 11.7 Å². The first-order valence-corrected chi connectivity index (χ1v) is 11.0. The van der Waals surface area contributed by atoms with Crippen molar-refractivity contribution in [1.82, 2.24) is 10.6 Å². The van der Waals surface area contributed by atoms with Gasteiger partial charge in [0.25, 0.3) is 5.91 Å². The van der Waals surface area contributed by atoms with Crippen molar-refractivity contribution in [2.75, 3.05) is 6.61 Å². The Balaban J connectivity index is 2.26. The Hall–Kier alpha value is -3.10. The highest BCUT2D eigenvalue weighted by Crippen LogP contribution is 2.24. The van der Waals surface area contributed by atoms with Gasteiger partial charge in [-0.3, -0.25) is 14.4 Å². The highest BCUT2D eigenvalue weighted by Gasteiger charge is 2.26. The number of hydrogen-bond acceptors (Lipinski definition) is 5. The van der Waals surface area contributed by atoms with E-state index in [1.807, 2.05) is 44.2 Å². The molecule has 178 valence electrons. The summed E-state index contributed by atoms with van der Waals surface area (Å²) in [5.74, 6) is -1.91. The fourth-order valence-electron chi connectivity index (χ4n) is 2.85. The van der Waals surface area contributed by atoms with Gasteiger partial charge in [0.2, 0.25) is 5.91 Å². The van der Waals surface area contributed by atoms with Crippen molar-refractivity contribution in [1.29, 1.82) is 0 Å². The molecule has 0 bridgehead atoms. The van der Waals surface area contributed by atoms with Crippen LogP contribution >= 0.6 is 11.6 Å². The zero-order chi connectivity index (χ0) is 24.5. The number of carboxylic acid groups (broad SMARTS) is 1. The minimum Gasteiger partial charge on any atom is -0.491 e. The molecule has 0 saturated heterocycles.